The van der Waals surface area contributed by atoms with E-state index < -0.39 is 41.8 Å². The van der Waals surface area contributed by atoms with E-state index >= 15 is 0 Å². The summed E-state index contributed by atoms with van der Waals surface area (Å²) in [4.78, 5) is 25.7. The summed E-state index contributed by atoms with van der Waals surface area (Å²) in [7, 11) is 0. The van der Waals surface area contributed by atoms with E-state index in [1.807, 2.05) is 0 Å². The first-order chi connectivity index (χ1) is 13.4. The van der Waals surface area contributed by atoms with Crippen LogP contribution in [-0.2, 0) is 21.9 Å². The molecule has 4 nitrogen and oxygen atoms in total. The molecule has 11 heteroatoms. The van der Waals surface area contributed by atoms with Crippen LogP contribution in [0.4, 0.5) is 37.7 Å². The molecule has 1 aliphatic heterocycles. The number of hydrogen-bond donors (Lipinski definition) is 1. The normalized spacial score (nSPS) is 14.6. The van der Waals surface area contributed by atoms with Crippen LogP contribution in [0.15, 0.2) is 47.4 Å². The summed E-state index contributed by atoms with van der Waals surface area (Å²) >= 11 is 1.04. The summed E-state index contributed by atoms with van der Waals surface area (Å²) < 4.78 is 77.3. The fourth-order valence-corrected chi connectivity index (χ4v) is 3.59. The number of thioether (sulfide) groups is 1. The number of nitrogens with one attached hydrogen (secondary N) is 1. The van der Waals surface area contributed by atoms with Gasteiger partial charge in [-0.1, -0.05) is 6.07 Å². The molecule has 0 bridgehead atoms. The van der Waals surface area contributed by atoms with Crippen LogP contribution < -0.4 is 10.2 Å². The van der Waals surface area contributed by atoms with E-state index in [-0.39, 0.29) is 17.1 Å². The predicted octanol–water partition coefficient (Wildman–Crippen LogP) is 4.80. The average molecular weight is 434 g/mol. The van der Waals surface area contributed by atoms with Crippen LogP contribution >= 0.6 is 11.8 Å². The number of amides is 2. The Bertz CT molecular complexity index is 958. The maximum absolute atomic E-state index is 13.0. The molecule has 1 aliphatic rings. The van der Waals surface area contributed by atoms with Crippen molar-refractivity contribution in [1.29, 1.82) is 0 Å². The Labute approximate surface area is 164 Å². The van der Waals surface area contributed by atoms with Crippen LogP contribution in [0.25, 0.3) is 0 Å². The molecule has 3 rings (SSSR count). The minimum atomic E-state index is -4.63. The summed E-state index contributed by atoms with van der Waals surface area (Å²) in [6.45, 7) is -0.635. The molecule has 0 atom stereocenters. The highest BCUT2D eigenvalue weighted by Gasteiger charge is 2.34. The second kappa shape index (κ2) is 7.62. The standard InChI is InChI=1S/C18H12F6N2O2S/c19-17(20,21)10-2-1-3-12(6-10)25-15(27)8-26-13-7-11(18(22,23)24)4-5-14(13)29-9-16(26)28/h1-7H,8-9H2,(H,25,27). The topological polar surface area (TPSA) is 49.4 Å². The molecule has 0 saturated carbocycles. The number of benzene rings is 2. The number of fused-ring (bicyclic) bond motifs is 1. The Morgan fingerprint density at radius 3 is 2.31 bits per heavy atom. The number of carbonyl (C=O) groups is 2. The maximum atomic E-state index is 13.0. The van der Waals surface area contributed by atoms with Crippen molar-refractivity contribution in [3.05, 3.63) is 53.6 Å². The van der Waals surface area contributed by atoms with E-state index in [2.05, 4.69) is 5.32 Å². The van der Waals surface area contributed by atoms with Gasteiger partial charge in [0.15, 0.2) is 0 Å². The minimum absolute atomic E-state index is 0.0692. The zero-order valence-corrected chi connectivity index (χ0v) is 15.2. The van der Waals surface area contributed by atoms with Gasteiger partial charge in [0.25, 0.3) is 0 Å². The quantitative estimate of drug-likeness (QED) is 0.706. The van der Waals surface area contributed by atoms with Crippen LogP contribution in [-0.4, -0.2) is 24.1 Å². The largest absolute Gasteiger partial charge is 0.416 e. The zero-order valence-electron chi connectivity index (χ0n) is 14.4. The molecule has 0 radical (unpaired) electrons. The summed E-state index contributed by atoms with van der Waals surface area (Å²) in [5, 5.41) is 2.24. The van der Waals surface area contributed by atoms with Gasteiger partial charge in [0, 0.05) is 10.6 Å². The van der Waals surface area contributed by atoms with Gasteiger partial charge >= 0.3 is 12.4 Å². The number of nitrogens with zero attached hydrogens (tertiary/aromatic N) is 1. The molecule has 2 aromatic carbocycles. The van der Waals surface area contributed by atoms with E-state index in [1.165, 1.54) is 12.1 Å². The van der Waals surface area contributed by atoms with Crippen molar-refractivity contribution in [1.82, 2.24) is 0 Å². The molecule has 1 N–H and O–H groups in total. The summed E-state index contributed by atoms with van der Waals surface area (Å²) in [5.41, 5.74) is -2.16. The fraction of sp³-hybridized carbons (Fsp3) is 0.222. The van der Waals surface area contributed by atoms with Gasteiger partial charge in [-0.15, -0.1) is 11.8 Å². The van der Waals surface area contributed by atoms with Gasteiger partial charge in [-0.3, -0.25) is 9.59 Å². The van der Waals surface area contributed by atoms with E-state index in [9.17, 15) is 35.9 Å². The molecule has 2 amide bonds. The van der Waals surface area contributed by atoms with E-state index in [1.54, 1.807) is 0 Å². The first-order valence-electron chi connectivity index (χ1n) is 8.06. The number of anilines is 2. The van der Waals surface area contributed by atoms with Crippen molar-refractivity contribution in [2.45, 2.75) is 17.2 Å². The molecular weight excluding hydrogens is 422 g/mol. The lowest BCUT2D eigenvalue weighted by Gasteiger charge is -2.29. The first-order valence-corrected chi connectivity index (χ1v) is 9.05. The second-order valence-corrected chi connectivity index (χ2v) is 7.09. The second-order valence-electron chi connectivity index (χ2n) is 6.08. The predicted molar refractivity (Wildman–Crippen MR) is 94.6 cm³/mol. The van der Waals surface area contributed by atoms with Crippen molar-refractivity contribution in [2.24, 2.45) is 0 Å². The molecule has 154 valence electrons. The third-order valence-corrected chi connectivity index (χ3v) is 5.05. The van der Waals surface area contributed by atoms with Crippen LogP contribution in [0.1, 0.15) is 11.1 Å². The lowest BCUT2D eigenvalue weighted by atomic mass is 10.1. The van der Waals surface area contributed by atoms with Gasteiger partial charge in [0.1, 0.15) is 6.54 Å². The first kappa shape index (κ1) is 21.0. The molecular formula is C18H12F6N2O2S. The summed E-state index contributed by atoms with van der Waals surface area (Å²) in [6, 6.07) is 6.76. The Kier molecular flexibility index (Phi) is 5.52. The molecule has 0 aromatic heterocycles. The maximum Gasteiger partial charge on any atom is 0.416 e. The monoisotopic (exact) mass is 434 g/mol. The fourth-order valence-electron chi connectivity index (χ4n) is 2.67. The summed E-state index contributed by atoms with van der Waals surface area (Å²) in [5.74, 6) is -1.50. The van der Waals surface area contributed by atoms with Gasteiger partial charge < -0.3 is 10.2 Å². The molecule has 0 aliphatic carbocycles. The minimum Gasteiger partial charge on any atom is -0.325 e. The molecule has 2 aromatic rings. The lowest BCUT2D eigenvalue weighted by Crippen LogP contribution is -2.41. The van der Waals surface area contributed by atoms with Crippen LogP contribution in [0, 0.1) is 0 Å². The van der Waals surface area contributed by atoms with E-state index in [4.69, 9.17) is 0 Å². The van der Waals surface area contributed by atoms with Gasteiger partial charge in [-0.05, 0) is 36.4 Å². The Balaban J connectivity index is 1.82. The Morgan fingerprint density at radius 2 is 1.66 bits per heavy atom. The third kappa shape index (κ3) is 4.84. The van der Waals surface area contributed by atoms with Gasteiger partial charge in [0.2, 0.25) is 11.8 Å². The smallest absolute Gasteiger partial charge is 0.325 e. The highest BCUT2D eigenvalue weighted by atomic mass is 32.2. The number of rotatable bonds is 3. The van der Waals surface area contributed by atoms with Crippen molar-refractivity contribution in [3.8, 4) is 0 Å². The molecule has 0 fully saturated rings. The number of halogens is 6. The Hall–Kier alpha value is -2.69. The third-order valence-electron chi connectivity index (χ3n) is 4.00. The zero-order chi connectivity index (χ0) is 21.4. The molecule has 1 heterocycles. The average Bonchev–Trinajstić information content (AvgIpc) is 2.62. The SMILES string of the molecule is O=C(CN1C(=O)CSc2ccc(C(F)(F)F)cc21)Nc1cccc(C(F)(F)F)c1. The van der Waals surface area contributed by atoms with Crippen molar-refractivity contribution in [3.63, 3.8) is 0 Å². The molecule has 0 unspecified atom stereocenters. The van der Waals surface area contributed by atoms with Crippen LogP contribution in [0.2, 0.25) is 0 Å². The van der Waals surface area contributed by atoms with Crippen LogP contribution in [0.5, 0.6) is 0 Å². The highest BCUT2D eigenvalue weighted by molar-refractivity contribution is 8.00. The van der Waals surface area contributed by atoms with E-state index in [0.29, 0.717) is 4.90 Å². The Morgan fingerprint density at radius 1 is 1.00 bits per heavy atom. The molecule has 0 spiro atoms. The van der Waals surface area contributed by atoms with Crippen molar-refractivity contribution >= 4 is 35.0 Å². The summed E-state index contributed by atoms with van der Waals surface area (Å²) in [6.07, 6.45) is -9.24. The molecule has 29 heavy (non-hydrogen) atoms. The number of alkyl halides is 6. The van der Waals surface area contributed by atoms with Gasteiger partial charge in [0.05, 0.1) is 22.6 Å². The van der Waals surface area contributed by atoms with Crippen LogP contribution in [0.3, 0.4) is 0 Å². The number of hydrogen-bond acceptors (Lipinski definition) is 3. The van der Waals surface area contributed by atoms with Gasteiger partial charge in [-0.2, -0.15) is 26.3 Å². The molecule has 0 saturated heterocycles. The highest BCUT2D eigenvalue weighted by Crippen LogP contribution is 2.40. The number of carbonyl (C=O) groups excluding carboxylic acids is 2. The van der Waals surface area contributed by atoms with E-state index in [0.717, 1.165) is 47.0 Å². The van der Waals surface area contributed by atoms with Crippen molar-refractivity contribution < 1.29 is 35.9 Å². The van der Waals surface area contributed by atoms with Gasteiger partial charge in [-0.25, -0.2) is 0 Å². The van der Waals surface area contributed by atoms with Crippen molar-refractivity contribution in [2.75, 3.05) is 22.5 Å². The lowest BCUT2D eigenvalue weighted by molar-refractivity contribution is -0.138.